The second kappa shape index (κ2) is 5.28. The van der Waals surface area contributed by atoms with Crippen LogP contribution in [0.4, 0.5) is 30.6 Å². The average Bonchev–Trinajstić information content (AvgIpc) is 2.38. The van der Waals surface area contributed by atoms with Gasteiger partial charge in [0, 0.05) is 11.3 Å². The summed E-state index contributed by atoms with van der Waals surface area (Å²) >= 11 is 0. The zero-order valence-electron chi connectivity index (χ0n) is 10.8. The summed E-state index contributed by atoms with van der Waals surface area (Å²) in [5.74, 6) is -0.962. The minimum atomic E-state index is -4.87. The molecule has 0 aliphatic rings. The van der Waals surface area contributed by atoms with Crippen LogP contribution in [0.5, 0.6) is 5.75 Å². The van der Waals surface area contributed by atoms with Crippen LogP contribution in [0.2, 0.25) is 0 Å². The van der Waals surface area contributed by atoms with Gasteiger partial charge < -0.3 is 21.9 Å². The molecular formula is C12H9F3N6O. The van der Waals surface area contributed by atoms with E-state index in [-0.39, 0.29) is 34.3 Å². The van der Waals surface area contributed by atoms with E-state index in [9.17, 15) is 13.2 Å². The van der Waals surface area contributed by atoms with E-state index in [1.54, 1.807) is 6.07 Å². The molecule has 0 saturated carbocycles. The van der Waals surface area contributed by atoms with Crippen molar-refractivity contribution >= 4 is 17.5 Å². The molecule has 0 aliphatic heterocycles. The molecule has 0 bridgehead atoms. The smallest absolute Gasteiger partial charge is 0.406 e. The number of benzene rings is 1. The van der Waals surface area contributed by atoms with Crippen molar-refractivity contribution in [3.8, 4) is 23.1 Å². The molecule has 0 radical (unpaired) electrons. The first-order chi connectivity index (χ1) is 10.2. The van der Waals surface area contributed by atoms with Crippen molar-refractivity contribution in [3.63, 3.8) is 0 Å². The number of hydrogen-bond acceptors (Lipinski definition) is 7. The molecule has 1 heterocycles. The van der Waals surface area contributed by atoms with E-state index in [0.717, 1.165) is 12.1 Å². The highest BCUT2D eigenvalue weighted by molar-refractivity contribution is 5.81. The van der Waals surface area contributed by atoms with Gasteiger partial charge in [-0.25, -0.2) is 4.98 Å². The van der Waals surface area contributed by atoms with Gasteiger partial charge in [-0.2, -0.15) is 10.2 Å². The predicted molar refractivity (Wildman–Crippen MR) is 72.1 cm³/mol. The molecule has 0 atom stereocenters. The van der Waals surface area contributed by atoms with Crippen LogP contribution in [0, 0.1) is 11.3 Å². The Hall–Kier alpha value is -3.22. The fourth-order valence-electron chi connectivity index (χ4n) is 1.74. The third-order valence-corrected chi connectivity index (χ3v) is 2.58. The molecule has 22 heavy (non-hydrogen) atoms. The standard InChI is InChI=1S/C12H9F3N6O/c13-12(14,15)22-5-1-2-8(17)6(3-5)9-7(4-16)10(18)21-11(19)20-9/h1-3H,17H2,(H4,18,19,20,21). The van der Waals surface area contributed by atoms with E-state index in [2.05, 4.69) is 14.7 Å². The molecule has 1 aromatic carbocycles. The van der Waals surface area contributed by atoms with Gasteiger partial charge in [-0.05, 0) is 18.2 Å². The number of aromatic nitrogens is 2. The Morgan fingerprint density at radius 1 is 1.14 bits per heavy atom. The third kappa shape index (κ3) is 3.09. The number of rotatable bonds is 2. The second-order valence-electron chi connectivity index (χ2n) is 4.10. The number of nitriles is 1. The van der Waals surface area contributed by atoms with E-state index in [1.165, 1.54) is 6.07 Å². The first kappa shape index (κ1) is 15.2. The van der Waals surface area contributed by atoms with Gasteiger partial charge in [0.25, 0.3) is 0 Å². The van der Waals surface area contributed by atoms with Gasteiger partial charge in [0.1, 0.15) is 23.2 Å². The van der Waals surface area contributed by atoms with Gasteiger partial charge in [-0.15, -0.1) is 13.2 Å². The molecule has 114 valence electrons. The van der Waals surface area contributed by atoms with Crippen molar-refractivity contribution in [1.29, 1.82) is 5.26 Å². The minimum Gasteiger partial charge on any atom is -0.406 e. The molecule has 0 saturated heterocycles. The van der Waals surface area contributed by atoms with Crippen molar-refractivity contribution in [2.24, 2.45) is 0 Å². The van der Waals surface area contributed by atoms with Gasteiger partial charge >= 0.3 is 6.36 Å². The van der Waals surface area contributed by atoms with Crippen molar-refractivity contribution in [2.75, 3.05) is 17.2 Å². The van der Waals surface area contributed by atoms with Crippen molar-refractivity contribution in [2.45, 2.75) is 6.36 Å². The normalized spacial score (nSPS) is 11.0. The van der Waals surface area contributed by atoms with Crippen molar-refractivity contribution < 1.29 is 17.9 Å². The van der Waals surface area contributed by atoms with Gasteiger partial charge in [0.15, 0.2) is 0 Å². The summed E-state index contributed by atoms with van der Waals surface area (Å²) < 4.78 is 40.6. The lowest BCUT2D eigenvalue weighted by Gasteiger charge is -2.13. The summed E-state index contributed by atoms with van der Waals surface area (Å²) in [6.07, 6.45) is -4.87. The van der Waals surface area contributed by atoms with Crippen LogP contribution in [-0.2, 0) is 0 Å². The molecule has 2 aromatic rings. The van der Waals surface area contributed by atoms with E-state index >= 15 is 0 Å². The van der Waals surface area contributed by atoms with Crippen LogP contribution in [0.3, 0.4) is 0 Å². The predicted octanol–water partition coefficient (Wildman–Crippen LogP) is 1.66. The number of nitrogens with zero attached hydrogens (tertiary/aromatic N) is 3. The largest absolute Gasteiger partial charge is 0.573 e. The number of nitrogens with two attached hydrogens (primary N) is 3. The quantitative estimate of drug-likeness (QED) is 0.717. The highest BCUT2D eigenvalue weighted by Gasteiger charge is 2.31. The van der Waals surface area contributed by atoms with Gasteiger partial charge in [-0.1, -0.05) is 0 Å². The highest BCUT2D eigenvalue weighted by Crippen LogP contribution is 2.34. The molecule has 6 N–H and O–H groups in total. The summed E-state index contributed by atoms with van der Waals surface area (Å²) in [6.45, 7) is 0. The SMILES string of the molecule is N#Cc1c(N)nc(N)nc1-c1cc(OC(F)(F)F)ccc1N. The number of ether oxygens (including phenoxy) is 1. The molecule has 0 aliphatic carbocycles. The molecular weight excluding hydrogens is 301 g/mol. The summed E-state index contributed by atoms with van der Waals surface area (Å²) in [7, 11) is 0. The summed E-state index contributed by atoms with van der Waals surface area (Å²) in [6, 6.07) is 4.97. The monoisotopic (exact) mass is 310 g/mol. The van der Waals surface area contributed by atoms with Crippen LogP contribution >= 0.6 is 0 Å². The van der Waals surface area contributed by atoms with Crippen LogP contribution in [0.25, 0.3) is 11.3 Å². The molecule has 0 unspecified atom stereocenters. The minimum absolute atomic E-state index is 0.0269. The fourth-order valence-corrected chi connectivity index (χ4v) is 1.74. The second-order valence-corrected chi connectivity index (χ2v) is 4.10. The lowest BCUT2D eigenvalue weighted by Crippen LogP contribution is -2.17. The molecule has 0 spiro atoms. The molecule has 0 fully saturated rings. The van der Waals surface area contributed by atoms with E-state index < -0.39 is 12.1 Å². The van der Waals surface area contributed by atoms with Gasteiger partial charge in [0.05, 0.1) is 5.69 Å². The van der Waals surface area contributed by atoms with Gasteiger partial charge in [0.2, 0.25) is 5.95 Å². The lowest BCUT2D eigenvalue weighted by atomic mass is 10.0. The Morgan fingerprint density at radius 2 is 1.82 bits per heavy atom. The van der Waals surface area contributed by atoms with Crippen LogP contribution in [0.15, 0.2) is 18.2 Å². The van der Waals surface area contributed by atoms with Crippen LogP contribution < -0.4 is 21.9 Å². The Bertz CT molecular complexity index is 769. The lowest BCUT2D eigenvalue weighted by molar-refractivity contribution is -0.274. The molecule has 1 aromatic heterocycles. The topological polar surface area (TPSA) is 137 Å². The summed E-state index contributed by atoms with van der Waals surface area (Å²) in [5, 5.41) is 9.10. The number of anilines is 3. The average molecular weight is 310 g/mol. The maximum absolute atomic E-state index is 12.3. The van der Waals surface area contributed by atoms with E-state index in [0.29, 0.717) is 0 Å². The zero-order valence-corrected chi connectivity index (χ0v) is 10.8. The van der Waals surface area contributed by atoms with E-state index in [4.69, 9.17) is 22.5 Å². The summed E-state index contributed by atoms with van der Waals surface area (Å²) in [5.41, 5.74) is 16.6. The number of alkyl halides is 3. The summed E-state index contributed by atoms with van der Waals surface area (Å²) in [4.78, 5) is 7.43. The Morgan fingerprint density at radius 3 is 2.41 bits per heavy atom. The van der Waals surface area contributed by atoms with Crippen molar-refractivity contribution in [3.05, 3.63) is 23.8 Å². The van der Waals surface area contributed by atoms with Crippen LogP contribution in [0.1, 0.15) is 5.56 Å². The van der Waals surface area contributed by atoms with Gasteiger partial charge in [-0.3, -0.25) is 0 Å². The number of nitrogen functional groups attached to an aromatic ring is 3. The maximum Gasteiger partial charge on any atom is 0.573 e. The number of halogens is 3. The Kier molecular flexibility index (Phi) is 3.64. The van der Waals surface area contributed by atoms with Crippen LogP contribution in [-0.4, -0.2) is 16.3 Å². The number of hydrogen-bond donors (Lipinski definition) is 3. The molecule has 7 nitrogen and oxygen atoms in total. The zero-order chi connectivity index (χ0) is 16.5. The fraction of sp³-hybridized carbons (Fsp3) is 0.0833. The first-order valence-electron chi connectivity index (χ1n) is 5.70. The molecule has 0 amide bonds. The van der Waals surface area contributed by atoms with E-state index in [1.807, 2.05) is 0 Å². The Labute approximate surface area is 122 Å². The third-order valence-electron chi connectivity index (χ3n) is 2.58. The Balaban J connectivity index is 2.63. The molecule has 2 rings (SSSR count). The van der Waals surface area contributed by atoms with Crippen molar-refractivity contribution in [1.82, 2.24) is 9.97 Å². The first-order valence-corrected chi connectivity index (χ1v) is 5.70. The molecule has 10 heteroatoms. The highest BCUT2D eigenvalue weighted by atomic mass is 19.4. The maximum atomic E-state index is 12.3.